The predicted octanol–water partition coefficient (Wildman–Crippen LogP) is 5.49. The highest BCUT2D eigenvalue weighted by atomic mass is 19.4. The molecule has 39 heavy (non-hydrogen) atoms. The van der Waals surface area contributed by atoms with Gasteiger partial charge in [-0.3, -0.25) is 14.3 Å². The van der Waals surface area contributed by atoms with E-state index in [-0.39, 0.29) is 28.3 Å². The monoisotopic (exact) mass is 527 g/mol. The summed E-state index contributed by atoms with van der Waals surface area (Å²) in [5.41, 5.74) is 6.12. The Morgan fingerprint density at radius 1 is 1.05 bits per heavy atom. The Morgan fingerprint density at radius 3 is 2.54 bits per heavy atom. The van der Waals surface area contributed by atoms with E-state index < -0.39 is 23.3 Å². The molecule has 0 fully saturated rings. The Kier molecular flexibility index (Phi) is 6.45. The first-order valence-corrected chi connectivity index (χ1v) is 11.7. The Labute approximate surface area is 220 Å². The van der Waals surface area contributed by atoms with E-state index in [1.54, 1.807) is 61.5 Å². The minimum absolute atomic E-state index is 0.0259. The molecule has 0 radical (unpaired) electrons. The van der Waals surface area contributed by atoms with Gasteiger partial charge in [0, 0.05) is 29.3 Å². The minimum atomic E-state index is -4.58. The van der Waals surface area contributed by atoms with Crippen LogP contribution < -0.4 is 16.6 Å². The van der Waals surface area contributed by atoms with Gasteiger partial charge in [0.05, 0.1) is 23.2 Å². The number of nitriles is 1. The Hall–Kier alpha value is -5.24. The van der Waals surface area contributed by atoms with Crippen LogP contribution in [0.2, 0.25) is 0 Å². The van der Waals surface area contributed by atoms with Crippen LogP contribution in [0.15, 0.2) is 84.0 Å². The molecule has 3 N–H and O–H groups in total. The number of nitrogens with zero attached hydrogens (tertiary/aromatic N) is 5. The fourth-order valence-corrected chi connectivity index (χ4v) is 4.39. The van der Waals surface area contributed by atoms with E-state index in [1.165, 1.54) is 17.0 Å². The second-order valence-corrected chi connectivity index (χ2v) is 8.74. The number of pyridine rings is 2. The molecule has 194 valence electrons. The van der Waals surface area contributed by atoms with Crippen LogP contribution >= 0.6 is 0 Å². The number of para-hydroxylation sites is 1. The summed E-state index contributed by atoms with van der Waals surface area (Å²) in [6, 6.07) is 18.1. The van der Waals surface area contributed by atoms with E-state index in [1.807, 2.05) is 6.07 Å². The summed E-state index contributed by atoms with van der Waals surface area (Å²) in [6.45, 7) is 1.79. The maximum atomic E-state index is 14.2. The zero-order valence-corrected chi connectivity index (χ0v) is 20.4. The highest BCUT2D eigenvalue weighted by Gasteiger charge is 2.31. The quantitative estimate of drug-likeness (QED) is 0.310. The summed E-state index contributed by atoms with van der Waals surface area (Å²) in [6.07, 6.45) is -1.23. The van der Waals surface area contributed by atoms with Gasteiger partial charge >= 0.3 is 6.18 Å². The summed E-state index contributed by atoms with van der Waals surface area (Å²) in [5, 5.41) is 13.4. The molecule has 11 heteroatoms. The molecule has 5 aromatic rings. The standard InChI is InChI=1S/C28H20F3N7O/c1-16(36-25-19(12-32)14-35-27(33)37-25)23-11-17-6-5-9-22(18-10-20(15-34-13-18)28(29,30)31)24(17)26(39)38(23)21-7-3-2-4-8-21/h2-11,13-16H,1H3,(H3,33,35,36,37)/t16-/m0/s1. The maximum absolute atomic E-state index is 14.2. The van der Waals surface area contributed by atoms with E-state index in [4.69, 9.17) is 5.73 Å². The van der Waals surface area contributed by atoms with Gasteiger partial charge in [-0.1, -0.05) is 36.4 Å². The number of nitrogens with two attached hydrogens (primary N) is 1. The summed E-state index contributed by atoms with van der Waals surface area (Å²) in [4.78, 5) is 25.9. The third-order valence-corrected chi connectivity index (χ3v) is 6.19. The number of hydrogen-bond acceptors (Lipinski definition) is 7. The molecule has 3 heterocycles. The van der Waals surface area contributed by atoms with Crippen LogP contribution in [0.4, 0.5) is 24.9 Å². The van der Waals surface area contributed by atoms with Gasteiger partial charge in [0.15, 0.2) is 0 Å². The van der Waals surface area contributed by atoms with Crippen LogP contribution in [0.1, 0.15) is 29.8 Å². The molecular formula is C28H20F3N7O. The molecule has 0 bridgehead atoms. The molecule has 0 aliphatic carbocycles. The number of hydrogen-bond donors (Lipinski definition) is 2. The average molecular weight is 528 g/mol. The molecule has 0 unspecified atom stereocenters. The number of benzene rings is 2. The zero-order chi connectivity index (χ0) is 27.7. The van der Waals surface area contributed by atoms with Gasteiger partial charge in [0.25, 0.3) is 5.56 Å². The molecule has 0 aliphatic rings. The lowest BCUT2D eigenvalue weighted by Crippen LogP contribution is -2.26. The summed E-state index contributed by atoms with van der Waals surface area (Å²) in [5.74, 6) is 0.176. The Morgan fingerprint density at radius 2 is 1.82 bits per heavy atom. The Balaban J connectivity index is 1.74. The fourth-order valence-electron chi connectivity index (χ4n) is 4.39. The maximum Gasteiger partial charge on any atom is 0.417 e. The number of halogens is 3. The number of nitrogen functional groups attached to an aromatic ring is 1. The molecule has 8 nitrogen and oxygen atoms in total. The fraction of sp³-hybridized carbons (Fsp3) is 0.107. The lowest BCUT2D eigenvalue weighted by Gasteiger charge is -2.22. The smallest absolute Gasteiger partial charge is 0.368 e. The van der Waals surface area contributed by atoms with Crippen molar-refractivity contribution in [1.29, 1.82) is 5.26 Å². The van der Waals surface area contributed by atoms with Crippen LogP contribution in [0.25, 0.3) is 27.6 Å². The molecular weight excluding hydrogens is 507 g/mol. The van der Waals surface area contributed by atoms with Gasteiger partial charge in [-0.2, -0.15) is 23.4 Å². The van der Waals surface area contributed by atoms with Gasteiger partial charge in [0.1, 0.15) is 17.5 Å². The van der Waals surface area contributed by atoms with Crippen LogP contribution in [-0.4, -0.2) is 19.5 Å². The topological polar surface area (TPSA) is 123 Å². The number of rotatable bonds is 5. The molecule has 0 amide bonds. The van der Waals surface area contributed by atoms with E-state index in [0.717, 1.165) is 12.3 Å². The van der Waals surface area contributed by atoms with Crippen LogP contribution in [0.5, 0.6) is 0 Å². The number of fused-ring (bicyclic) bond motifs is 1. The molecule has 1 atom stereocenters. The average Bonchev–Trinajstić information content (AvgIpc) is 2.93. The minimum Gasteiger partial charge on any atom is -0.368 e. The van der Waals surface area contributed by atoms with Crippen molar-refractivity contribution in [3.63, 3.8) is 0 Å². The number of nitrogens with one attached hydrogen (secondary N) is 1. The molecule has 0 saturated carbocycles. The van der Waals surface area contributed by atoms with Crippen molar-refractivity contribution in [2.24, 2.45) is 0 Å². The van der Waals surface area contributed by atoms with Crippen LogP contribution in [0.3, 0.4) is 0 Å². The molecule has 3 aromatic heterocycles. The van der Waals surface area contributed by atoms with Gasteiger partial charge in [-0.25, -0.2) is 4.98 Å². The van der Waals surface area contributed by atoms with E-state index in [9.17, 15) is 23.2 Å². The van der Waals surface area contributed by atoms with E-state index in [2.05, 4.69) is 20.3 Å². The number of anilines is 2. The normalized spacial score (nSPS) is 12.2. The van der Waals surface area contributed by atoms with Crippen molar-refractivity contribution in [2.45, 2.75) is 19.1 Å². The van der Waals surface area contributed by atoms with Crippen molar-refractivity contribution in [1.82, 2.24) is 19.5 Å². The second kappa shape index (κ2) is 9.90. The third kappa shape index (κ3) is 4.87. The lowest BCUT2D eigenvalue weighted by atomic mass is 9.98. The molecule has 0 saturated heterocycles. The Bertz CT molecular complexity index is 1790. The van der Waals surface area contributed by atoms with Crippen molar-refractivity contribution in [3.8, 4) is 22.9 Å². The molecule has 2 aromatic carbocycles. The van der Waals surface area contributed by atoms with Crippen molar-refractivity contribution in [2.75, 3.05) is 11.1 Å². The largest absolute Gasteiger partial charge is 0.417 e. The van der Waals surface area contributed by atoms with Crippen LogP contribution in [-0.2, 0) is 6.18 Å². The van der Waals surface area contributed by atoms with E-state index in [0.29, 0.717) is 22.3 Å². The molecule has 0 spiro atoms. The molecule has 0 aliphatic heterocycles. The number of alkyl halides is 3. The zero-order valence-electron chi connectivity index (χ0n) is 20.4. The van der Waals surface area contributed by atoms with Crippen molar-refractivity contribution >= 4 is 22.5 Å². The predicted molar refractivity (Wildman–Crippen MR) is 141 cm³/mol. The highest BCUT2D eigenvalue weighted by Crippen LogP contribution is 2.34. The van der Waals surface area contributed by atoms with Gasteiger partial charge in [-0.15, -0.1) is 0 Å². The first kappa shape index (κ1) is 25.4. The lowest BCUT2D eigenvalue weighted by molar-refractivity contribution is -0.137. The van der Waals surface area contributed by atoms with Gasteiger partial charge in [-0.05, 0) is 42.1 Å². The van der Waals surface area contributed by atoms with Crippen LogP contribution in [0, 0.1) is 11.3 Å². The second-order valence-electron chi connectivity index (χ2n) is 8.74. The van der Waals surface area contributed by atoms with E-state index >= 15 is 0 Å². The third-order valence-electron chi connectivity index (χ3n) is 6.19. The summed E-state index contributed by atoms with van der Waals surface area (Å²) >= 11 is 0. The first-order chi connectivity index (χ1) is 18.7. The van der Waals surface area contributed by atoms with Crippen molar-refractivity contribution < 1.29 is 13.2 Å². The summed E-state index contributed by atoms with van der Waals surface area (Å²) < 4.78 is 41.7. The molecule has 5 rings (SSSR count). The highest BCUT2D eigenvalue weighted by molar-refractivity contribution is 5.96. The SMILES string of the molecule is C[C@H](Nc1nc(N)ncc1C#N)c1cc2cccc(-c3cncc(C(F)(F)F)c3)c2c(=O)n1-c1ccccc1. The number of aromatic nitrogens is 4. The van der Waals surface area contributed by atoms with Gasteiger partial charge < -0.3 is 11.1 Å². The van der Waals surface area contributed by atoms with Gasteiger partial charge in [0.2, 0.25) is 5.95 Å². The van der Waals surface area contributed by atoms with Crippen molar-refractivity contribution in [3.05, 3.63) is 106 Å². The first-order valence-electron chi connectivity index (χ1n) is 11.7. The summed E-state index contributed by atoms with van der Waals surface area (Å²) in [7, 11) is 0.